The van der Waals surface area contributed by atoms with Crippen molar-refractivity contribution in [1.82, 2.24) is 0 Å². The van der Waals surface area contributed by atoms with Crippen LogP contribution in [0.5, 0.6) is 5.75 Å². The minimum atomic E-state index is -2.69. The normalized spacial score (nSPS) is 11.0. The zero-order chi connectivity index (χ0) is 16.0. The second-order valence-electron chi connectivity index (χ2n) is 4.03. The van der Waals surface area contributed by atoms with Crippen LogP contribution < -0.4 is 0 Å². The topological polar surface area (TPSA) is 93.1 Å². The molecule has 0 fully saturated rings. The predicted molar refractivity (Wildman–Crippen MR) is 77.1 cm³/mol. The van der Waals surface area contributed by atoms with E-state index in [9.17, 15) is 19.8 Å². The molecule has 0 aliphatic carbocycles. The van der Waals surface area contributed by atoms with E-state index in [-0.39, 0.29) is 18.8 Å². The molecule has 0 saturated carbocycles. The number of esters is 2. The van der Waals surface area contributed by atoms with Crippen molar-refractivity contribution in [2.24, 2.45) is 0 Å². The maximum absolute atomic E-state index is 12.0. The third kappa shape index (κ3) is 3.48. The minimum Gasteiger partial charge on any atom is -0.508 e. The molecule has 0 aliphatic heterocycles. The number of carbonyl (C=O) groups is 2. The number of aromatic hydroxyl groups is 1. The van der Waals surface area contributed by atoms with Gasteiger partial charge in [-0.25, -0.2) is 9.59 Å². The molecule has 0 aliphatic rings. The van der Waals surface area contributed by atoms with Crippen molar-refractivity contribution in [3.8, 4) is 5.75 Å². The summed E-state index contributed by atoms with van der Waals surface area (Å²) in [6.45, 7) is 3.04. The van der Waals surface area contributed by atoms with Crippen LogP contribution in [-0.2, 0) is 24.7 Å². The number of hydrogen-bond donors (Lipinski definition) is 2. The molecule has 1 aromatic rings. The number of carbonyl (C=O) groups excluding carboxylic acids is 2. The smallest absolute Gasteiger partial charge is 0.355 e. The van der Waals surface area contributed by atoms with Gasteiger partial charge in [0.15, 0.2) is 0 Å². The fraction of sp³-hybridized carbons (Fsp3) is 0.429. The van der Waals surface area contributed by atoms with Gasteiger partial charge in [0.2, 0.25) is 0 Å². The van der Waals surface area contributed by atoms with Gasteiger partial charge in [-0.15, -0.1) is 11.8 Å². The molecular weight excluding hydrogens is 296 g/mol. The van der Waals surface area contributed by atoms with Crippen molar-refractivity contribution >= 4 is 23.7 Å². The third-order valence-corrected chi connectivity index (χ3v) is 3.46. The van der Waals surface area contributed by atoms with Crippen LogP contribution in [-0.4, -0.2) is 41.6 Å². The number of rotatable bonds is 6. The Morgan fingerprint density at radius 2 is 1.71 bits per heavy atom. The molecule has 1 aromatic carbocycles. The van der Waals surface area contributed by atoms with Gasteiger partial charge in [-0.2, -0.15) is 0 Å². The summed E-state index contributed by atoms with van der Waals surface area (Å²) in [5.74, 6) is -2.76. The van der Waals surface area contributed by atoms with Crippen LogP contribution in [0.4, 0.5) is 0 Å². The molecule has 0 unspecified atom stereocenters. The van der Waals surface area contributed by atoms with Crippen LogP contribution in [0, 0.1) is 0 Å². The van der Waals surface area contributed by atoms with Gasteiger partial charge in [0.1, 0.15) is 5.75 Å². The van der Waals surface area contributed by atoms with E-state index in [1.165, 1.54) is 23.9 Å². The van der Waals surface area contributed by atoms with Crippen molar-refractivity contribution in [3.63, 3.8) is 0 Å². The van der Waals surface area contributed by atoms with E-state index < -0.39 is 23.3 Å². The average Bonchev–Trinajstić information content (AvgIpc) is 2.47. The summed E-state index contributed by atoms with van der Waals surface area (Å²) >= 11 is 1.33. The molecule has 0 spiro atoms. The Hall–Kier alpha value is -1.73. The largest absolute Gasteiger partial charge is 0.508 e. The van der Waals surface area contributed by atoms with Crippen LogP contribution >= 0.6 is 11.8 Å². The predicted octanol–water partition coefficient (Wildman–Crippen LogP) is 1.43. The van der Waals surface area contributed by atoms with E-state index >= 15 is 0 Å². The van der Waals surface area contributed by atoms with Gasteiger partial charge < -0.3 is 19.7 Å². The zero-order valence-electron chi connectivity index (χ0n) is 12.1. The molecule has 0 bridgehead atoms. The molecule has 0 aromatic heterocycles. The first-order valence-corrected chi connectivity index (χ1v) is 7.58. The van der Waals surface area contributed by atoms with Crippen molar-refractivity contribution < 1.29 is 29.3 Å². The van der Waals surface area contributed by atoms with Crippen LogP contribution in [0.15, 0.2) is 23.1 Å². The highest BCUT2D eigenvalue weighted by atomic mass is 32.2. The van der Waals surface area contributed by atoms with Crippen LogP contribution in [0.3, 0.4) is 0 Å². The summed E-state index contributed by atoms with van der Waals surface area (Å²) in [5, 5.41) is 20.5. The summed E-state index contributed by atoms with van der Waals surface area (Å²) in [5.41, 5.74) is -2.95. The fourth-order valence-electron chi connectivity index (χ4n) is 1.71. The number of benzene rings is 1. The maximum atomic E-state index is 12.0. The van der Waals surface area contributed by atoms with E-state index in [0.29, 0.717) is 4.90 Å². The van der Waals surface area contributed by atoms with Gasteiger partial charge in [0.25, 0.3) is 5.60 Å². The van der Waals surface area contributed by atoms with Gasteiger partial charge in [-0.1, -0.05) is 0 Å². The number of aliphatic hydroxyl groups is 1. The Bertz CT molecular complexity index is 510. The number of ether oxygens (including phenoxy) is 2. The Kier molecular flexibility index (Phi) is 6.04. The quantitative estimate of drug-likeness (QED) is 0.466. The van der Waals surface area contributed by atoms with E-state index in [4.69, 9.17) is 9.47 Å². The summed E-state index contributed by atoms with van der Waals surface area (Å²) in [6, 6.07) is 4.25. The zero-order valence-corrected chi connectivity index (χ0v) is 12.9. The van der Waals surface area contributed by atoms with E-state index in [1.54, 1.807) is 26.2 Å². The first kappa shape index (κ1) is 17.3. The Labute approximate surface area is 127 Å². The number of hydrogen-bond acceptors (Lipinski definition) is 7. The molecule has 21 heavy (non-hydrogen) atoms. The highest BCUT2D eigenvalue weighted by Gasteiger charge is 2.51. The third-order valence-electron chi connectivity index (χ3n) is 2.74. The maximum Gasteiger partial charge on any atom is 0.355 e. The van der Waals surface area contributed by atoms with E-state index in [1.807, 2.05) is 0 Å². The summed E-state index contributed by atoms with van der Waals surface area (Å²) in [6.07, 6.45) is 1.78. The lowest BCUT2D eigenvalue weighted by molar-refractivity contribution is -0.185. The lowest BCUT2D eigenvalue weighted by Gasteiger charge is -2.25. The van der Waals surface area contributed by atoms with Crippen LogP contribution in [0.2, 0.25) is 0 Å². The first-order valence-electron chi connectivity index (χ1n) is 6.36. The Morgan fingerprint density at radius 3 is 2.14 bits per heavy atom. The molecule has 0 amide bonds. The highest BCUT2D eigenvalue weighted by molar-refractivity contribution is 7.98. The SMILES string of the molecule is CCOC(=O)C(O)(C(=O)OCC)c1cc(SC)ccc1O. The monoisotopic (exact) mass is 314 g/mol. The molecule has 7 heteroatoms. The van der Waals surface area contributed by atoms with Crippen molar-refractivity contribution in [2.75, 3.05) is 19.5 Å². The lowest BCUT2D eigenvalue weighted by Crippen LogP contribution is -2.46. The summed E-state index contributed by atoms with van der Waals surface area (Å²) < 4.78 is 9.50. The second-order valence-corrected chi connectivity index (χ2v) is 4.91. The molecule has 2 N–H and O–H groups in total. The van der Waals surface area contributed by atoms with E-state index in [0.717, 1.165) is 0 Å². The van der Waals surface area contributed by atoms with E-state index in [2.05, 4.69) is 0 Å². The Balaban J connectivity index is 3.42. The van der Waals surface area contributed by atoms with Crippen molar-refractivity contribution in [1.29, 1.82) is 0 Å². The number of thioether (sulfide) groups is 1. The van der Waals surface area contributed by atoms with Gasteiger partial charge in [0, 0.05) is 10.5 Å². The van der Waals surface area contributed by atoms with Gasteiger partial charge >= 0.3 is 11.9 Å². The Morgan fingerprint density at radius 1 is 1.19 bits per heavy atom. The van der Waals surface area contributed by atoms with Gasteiger partial charge in [-0.3, -0.25) is 0 Å². The number of phenolic OH excluding ortho intramolecular Hbond substituents is 1. The van der Waals surface area contributed by atoms with Gasteiger partial charge in [0.05, 0.1) is 13.2 Å². The van der Waals surface area contributed by atoms with Crippen LogP contribution in [0.25, 0.3) is 0 Å². The standard InChI is InChI=1S/C14H18O6S/c1-4-19-12(16)14(18,13(17)20-5-2)10-8-9(21-3)6-7-11(10)15/h6-8,15,18H,4-5H2,1-3H3. The van der Waals surface area contributed by atoms with Crippen molar-refractivity contribution in [2.45, 2.75) is 24.3 Å². The second kappa shape index (κ2) is 7.33. The van der Waals surface area contributed by atoms with Crippen LogP contribution in [0.1, 0.15) is 19.4 Å². The summed E-state index contributed by atoms with van der Waals surface area (Å²) in [4.78, 5) is 24.7. The highest BCUT2D eigenvalue weighted by Crippen LogP contribution is 2.34. The molecule has 0 atom stereocenters. The van der Waals surface area contributed by atoms with Gasteiger partial charge in [-0.05, 0) is 38.3 Å². The molecular formula is C14H18O6S. The first-order chi connectivity index (χ1) is 9.91. The lowest BCUT2D eigenvalue weighted by atomic mass is 9.93. The molecule has 0 heterocycles. The summed E-state index contributed by atoms with van der Waals surface area (Å²) in [7, 11) is 0. The molecule has 1 rings (SSSR count). The molecule has 6 nitrogen and oxygen atoms in total. The average molecular weight is 314 g/mol. The molecule has 0 saturated heterocycles. The molecule has 0 radical (unpaired) electrons. The molecule has 116 valence electrons. The minimum absolute atomic E-state index is 0.0243. The fourth-order valence-corrected chi connectivity index (χ4v) is 2.15. The number of phenols is 1. The van der Waals surface area contributed by atoms with Crippen molar-refractivity contribution in [3.05, 3.63) is 23.8 Å².